The summed E-state index contributed by atoms with van der Waals surface area (Å²) >= 11 is 0. The van der Waals surface area contributed by atoms with Gasteiger partial charge in [0.1, 0.15) is 30.0 Å². The highest BCUT2D eigenvalue weighted by molar-refractivity contribution is 5.91. The minimum atomic E-state index is -1.02. The lowest BCUT2D eigenvalue weighted by molar-refractivity contribution is -0.209. The zero-order valence-corrected chi connectivity index (χ0v) is 16.0. The quantitative estimate of drug-likeness (QED) is 0.417. The number of aliphatic hydroxyl groups is 2. The number of epoxide rings is 1. The van der Waals surface area contributed by atoms with Crippen molar-refractivity contribution in [2.75, 3.05) is 0 Å². The molecule has 7 nitrogen and oxygen atoms in total. The second-order valence-corrected chi connectivity index (χ2v) is 8.97. The van der Waals surface area contributed by atoms with Crippen LogP contribution in [0.15, 0.2) is 23.8 Å². The molecule has 4 fully saturated rings. The van der Waals surface area contributed by atoms with Crippen LogP contribution in [-0.4, -0.2) is 58.3 Å². The summed E-state index contributed by atoms with van der Waals surface area (Å²) in [6.07, 6.45) is -2.31. The molecule has 2 N–H and O–H groups in total. The molecule has 0 bridgehead atoms. The topological polar surface area (TPSA) is 106 Å². The third kappa shape index (κ3) is 2.45. The Hall–Kier alpha value is -1.70. The smallest absolute Gasteiger partial charge is 0.334 e. The van der Waals surface area contributed by atoms with Crippen LogP contribution in [0.25, 0.3) is 0 Å². The molecule has 4 rings (SSSR count). The molecule has 0 amide bonds. The van der Waals surface area contributed by atoms with E-state index in [1.165, 1.54) is 6.08 Å². The van der Waals surface area contributed by atoms with Crippen LogP contribution < -0.4 is 0 Å². The van der Waals surface area contributed by atoms with E-state index in [-0.39, 0.29) is 17.9 Å². The first-order valence-corrected chi connectivity index (χ1v) is 9.30. The summed E-state index contributed by atoms with van der Waals surface area (Å²) in [5, 5.41) is 21.6. The van der Waals surface area contributed by atoms with E-state index in [0.29, 0.717) is 0 Å². The van der Waals surface area contributed by atoms with Gasteiger partial charge in [0.25, 0.3) is 0 Å². The number of fused-ring (bicyclic) bond motifs is 5. The molecule has 0 aromatic rings. The van der Waals surface area contributed by atoms with Crippen LogP contribution in [0.2, 0.25) is 0 Å². The molecule has 2 aliphatic carbocycles. The standard InChI is InChI=1S/C20H26O7/c1-8(2)6-11(22)25-16-13(23)17-20(5,27-17)15-14-12(9(3)18(24)26-14)10(21)7-19(15,16)4/h6,10,12-17,21,23H,3,7H2,1-2,4-5H3/t10-,12+,13-,14-,15+,16-,17+,19+,20-/m0/s1. The zero-order chi connectivity index (χ0) is 19.9. The molecule has 148 valence electrons. The number of allylic oxidation sites excluding steroid dienone is 1. The molecule has 2 saturated carbocycles. The van der Waals surface area contributed by atoms with Crippen molar-refractivity contribution in [2.45, 2.75) is 70.2 Å². The van der Waals surface area contributed by atoms with Crippen molar-refractivity contribution >= 4 is 11.9 Å². The van der Waals surface area contributed by atoms with E-state index >= 15 is 0 Å². The monoisotopic (exact) mass is 378 g/mol. The highest BCUT2D eigenvalue weighted by Gasteiger charge is 2.78. The number of carbonyl (C=O) groups is 2. The van der Waals surface area contributed by atoms with Crippen LogP contribution in [0.3, 0.4) is 0 Å². The van der Waals surface area contributed by atoms with Gasteiger partial charge in [0, 0.05) is 23.0 Å². The Bertz CT molecular complexity index is 753. The first kappa shape index (κ1) is 18.7. The Balaban J connectivity index is 1.74. The Morgan fingerprint density at radius 3 is 2.63 bits per heavy atom. The fourth-order valence-corrected chi connectivity index (χ4v) is 5.73. The fraction of sp³-hybridized carbons (Fsp3) is 0.700. The summed E-state index contributed by atoms with van der Waals surface area (Å²) in [5.74, 6) is -1.91. The Morgan fingerprint density at radius 2 is 2.00 bits per heavy atom. The molecule has 4 aliphatic rings. The average Bonchev–Trinajstić information content (AvgIpc) is 3.13. The van der Waals surface area contributed by atoms with E-state index in [9.17, 15) is 19.8 Å². The van der Waals surface area contributed by atoms with Gasteiger partial charge in [-0.3, -0.25) is 0 Å². The van der Waals surface area contributed by atoms with Gasteiger partial charge in [-0.2, -0.15) is 0 Å². The van der Waals surface area contributed by atoms with Gasteiger partial charge in [-0.15, -0.1) is 0 Å². The minimum absolute atomic E-state index is 0.240. The van der Waals surface area contributed by atoms with Gasteiger partial charge >= 0.3 is 11.9 Å². The van der Waals surface area contributed by atoms with E-state index in [0.717, 1.165) is 5.57 Å². The predicted octanol–water partition coefficient (Wildman–Crippen LogP) is 0.881. The van der Waals surface area contributed by atoms with Gasteiger partial charge in [0.2, 0.25) is 0 Å². The van der Waals surface area contributed by atoms with Crippen LogP contribution in [0.5, 0.6) is 0 Å². The molecule has 0 unspecified atom stereocenters. The number of rotatable bonds is 2. The lowest BCUT2D eigenvalue weighted by atomic mass is 9.51. The Labute approximate surface area is 158 Å². The predicted molar refractivity (Wildman–Crippen MR) is 93.3 cm³/mol. The van der Waals surface area contributed by atoms with Crippen molar-refractivity contribution in [3.8, 4) is 0 Å². The molecular weight excluding hydrogens is 352 g/mol. The average molecular weight is 378 g/mol. The van der Waals surface area contributed by atoms with Gasteiger partial charge < -0.3 is 24.4 Å². The number of hydrogen-bond donors (Lipinski definition) is 2. The molecular formula is C20H26O7. The molecule has 0 spiro atoms. The minimum Gasteiger partial charge on any atom is -0.458 e. The Kier molecular flexibility index (Phi) is 3.91. The SMILES string of the molecule is C=C1C(=O)O[C@H]2[C@H]1[C@@H](O)C[C@]1(C)[C@@H]2[C@]2(C)O[C@@H]2[C@@H](O)[C@@H]1OC(=O)C=C(C)C. The molecule has 2 heterocycles. The summed E-state index contributed by atoms with van der Waals surface area (Å²) in [5.41, 5.74) is -0.483. The molecule has 2 aliphatic heterocycles. The summed E-state index contributed by atoms with van der Waals surface area (Å²) in [4.78, 5) is 24.4. The third-order valence-corrected chi connectivity index (χ3v) is 6.79. The number of ether oxygens (including phenoxy) is 3. The number of esters is 2. The summed E-state index contributed by atoms with van der Waals surface area (Å²) in [6, 6.07) is 0. The maximum Gasteiger partial charge on any atom is 0.334 e. The van der Waals surface area contributed by atoms with E-state index in [2.05, 4.69) is 6.58 Å². The molecule has 0 radical (unpaired) electrons. The summed E-state index contributed by atoms with van der Waals surface area (Å²) < 4.78 is 17.1. The van der Waals surface area contributed by atoms with Crippen molar-refractivity contribution in [3.05, 3.63) is 23.8 Å². The second kappa shape index (κ2) is 5.65. The largest absolute Gasteiger partial charge is 0.458 e. The van der Waals surface area contributed by atoms with Crippen molar-refractivity contribution in [1.29, 1.82) is 0 Å². The number of hydrogen-bond acceptors (Lipinski definition) is 7. The molecule has 7 heteroatoms. The maximum absolute atomic E-state index is 12.3. The molecule has 0 aromatic carbocycles. The van der Waals surface area contributed by atoms with Crippen molar-refractivity contribution in [3.63, 3.8) is 0 Å². The lowest BCUT2D eigenvalue weighted by Gasteiger charge is -2.55. The molecule has 27 heavy (non-hydrogen) atoms. The number of aliphatic hydroxyl groups excluding tert-OH is 2. The summed E-state index contributed by atoms with van der Waals surface area (Å²) in [7, 11) is 0. The highest BCUT2D eigenvalue weighted by Crippen LogP contribution is 2.66. The van der Waals surface area contributed by atoms with Crippen molar-refractivity contribution in [1.82, 2.24) is 0 Å². The van der Waals surface area contributed by atoms with E-state index < -0.39 is 59.4 Å². The molecule has 0 aromatic heterocycles. The second-order valence-electron chi connectivity index (χ2n) is 8.97. The summed E-state index contributed by atoms with van der Waals surface area (Å²) in [6.45, 7) is 11.1. The fourth-order valence-electron chi connectivity index (χ4n) is 5.73. The normalized spacial score (nSPS) is 50.1. The van der Waals surface area contributed by atoms with E-state index in [1.807, 2.05) is 13.8 Å². The van der Waals surface area contributed by atoms with Crippen LogP contribution in [0.1, 0.15) is 34.1 Å². The number of carbonyl (C=O) groups excluding carboxylic acids is 2. The van der Waals surface area contributed by atoms with Crippen molar-refractivity contribution < 1.29 is 34.0 Å². The van der Waals surface area contributed by atoms with Crippen molar-refractivity contribution in [2.24, 2.45) is 17.3 Å². The van der Waals surface area contributed by atoms with Gasteiger partial charge in [0.05, 0.1) is 12.0 Å². The van der Waals surface area contributed by atoms with Crippen LogP contribution >= 0.6 is 0 Å². The zero-order valence-electron chi connectivity index (χ0n) is 16.0. The lowest BCUT2D eigenvalue weighted by Crippen LogP contribution is -2.66. The molecule has 2 saturated heterocycles. The Morgan fingerprint density at radius 1 is 1.33 bits per heavy atom. The highest BCUT2D eigenvalue weighted by atomic mass is 16.6. The first-order chi connectivity index (χ1) is 12.5. The first-order valence-electron chi connectivity index (χ1n) is 9.30. The van der Waals surface area contributed by atoms with E-state index in [4.69, 9.17) is 14.2 Å². The van der Waals surface area contributed by atoms with Gasteiger partial charge in [0.15, 0.2) is 0 Å². The van der Waals surface area contributed by atoms with Gasteiger partial charge in [-0.1, -0.05) is 19.1 Å². The van der Waals surface area contributed by atoms with E-state index in [1.54, 1.807) is 13.8 Å². The third-order valence-electron chi connectivity index (χ3n) is 6.79. The van der Waals surface area contributed by atoms with Crippen LogP contribution in [-0.2, 0) is 23.8 Å². The molecule has 9 atom stereocenters. The maximum atomic E-state index is 12.3. The van der Waals surface area contributed by atoms with Crippen LogP contribution in [0, 0.1) is 17.3 Å². The van der Waals surface area contributed by atoms with Gasteiger partial charge in [-0.25, -0.2) is 9.59 Å². The van der Waals surface area contributed by atoms with Gasteiger partial charge in [-0.05, 0) is 27.2 Å². The van der Waals surface area contributed by atoms with Crippen LogP contribution in [0.4, 0.5) is 0 Å².